The van der Waals surface area contributed by atoms with E-state index in [4.69, 9.17) is 4.74 Å². The summed E-state index contributed by atoms with van der Waals surface area (Å²) < 4.78 is 5.15. The Kier molecular flexibility index (Phi) is 5.56. The Bertz CT molecular complexity index is 513. The third-order valence-electron chi connectivity index (χ3n) is 3.34. The van der Waals surface area contributed by atoms with Gasteiger partial charge in [0, 0.05) is 24.8 Å². The van der Waals surface area contributed by atoms with Gasteiger partial charge < -0.3 is 10.1 Å². The van der Waals surface area contributed by atoms with E-state index in [1.165, 1.54) is 11.1 Å². The first kappa shape index (κ1) is 14.5. The van der Waals surface area contributed by atoms with Crippen LogP contribution in [0.25, 0.3) is 0 Å². The standard InChI is InChI=1S/C17H22N2O/c1-3-7-16(15-8-5-4-6-9-15)19-13-14-10-11-18-17(12-14)20-2/h4-6,8-12,16,19H,3,7,13H2,1-2H3. The second kappa shape index (κ2) is 7.65. The van der Waals surface area contributed by atoms with Crippen molar-refractivity contribution in [1.29, 1.82) is 0 Å². The molecule has 1 aromatic heterocycles. The fourth-order valence-electron chi connectivity index (χ4n) is 2.27. The summed E-state index contributed by atoms with van der Waals surface area (Å²) in [6.45, 7) is 3.03. The van der Waals surface area contributed by atoms with E-state index in [-0.39, 0.29) is 0 Å². The molecule has 3 nitrogen and oxygen atoms in total. The van der Waals surface area contributed by atoms with Gasteiger partial charge in [-0.3, -0.25) is 0 Å². The molecule has 0 fully saturated rings. The van der Waals surface area contributed by atoms with Gasteiger partial charge in [0.05, 0.1) is 7.11 Å². The minimum Gasteiger partial charge on any atom is -0.481 e. The van der Waals surface area contributed by atoms with Crippen LogP contribution < -0.4 is 10.1 Å². The van der Waals surface area contributed by atoms with Gasteiger partial charge in [-0.2, -0.15) is 0 Å². The molecular weight excluding hydrogens is 248 g/mol. The van der Waals surface area contributed by atoms with Crippen LogP contribution in [0, 0.1) is 0 Å². The Labute approximate surface area is 121 Å². The lowest BCUT2D eigenvalue weighted by Crippen LogP contribution is -2.20. The molecule has 0 amide bonds. The average molecular weight is 270 g/mol. The van der Waals surface area contributed by atoms with Crippen molar-refractivity contribution >= 4 is 0 Å². The summed E-state index contributed by atoms with van der Waals surface area (Å²) in [6.07, 6.45) is 4.08. The molecule has 2 rings (SSSR count). The minimum absolute atomic E-state index is 0.389. The van der Waals surface area contributed by atoms with Crippen LogP contribution in [0.15, 0.2) is 48.7 Å². The number of aromatic nitrogens is 1. The Hall–Kier alpha value is -1.87. The monoisotopic (exact) mass is 270 g/mol. The van der Waals surface area contributed by atoms with Gasteiger partial charge in [0.1, 0.15) is 0 Å². The fourth-order valence-corrected chi connectivity index (χ4v) is 2.27. The minimum atomic E-state index is 0.389. The van der Waals surface area contributed by atoms with Crippen LogP contribution in [0.1, 0.15) is 36.9 Å². The molecule has 3 heteroatoms. The number of hydrogen-bond donors (Lipinski definition) is 1. The van der Waals surface area contributed by atoms with Gasteiger partial charge in [-0.05, 0) is 23.6 Å². The van der Waals surface area contributed by atoms with Gasteiger partial charge in [0.2, 0.25) is 5.88 Å². The predicted molar refractivity (Wildman–Crippen MR) is 81.7 cm³/mol. The first-order valence-electron chi connectivity index (χ1n) is 7.10. The summed E-state index contributed by atoms with van der Waals surface area (Å²) in [6, 6.07) is 15.0. The highest BCUT2D eigenvalue weighted by molar-refractivity contribution is 5.22. The van der Waals surface area contributed by atoms with Crippen LogP contribution in [-0.2, 0) is 6.54 Å². The lowest BCUT2D eigenvalue weighted by molar-refractivity contribution is 0.396. The van der Waals surface area contributed by atoms with Crippen LogP contribution in [0.5, 0.6) is 5.88 Å². The molecule has 20 heavy (non-hydrogen) atoms. The molecule has 1 N–H and O–H groups in total. The summed E-state index contributed by atoms with van der Waals surface area (Å²) in [7, 11) is 1.64. The molecular formula is C17H22N2O. The number of nitrogens with one attached hydrogen (secondary N) is 1. The zero-order chi connectivity index (χ0) is 14.2. The summed E-state index contributed by atoms with van der Waals surface area (Å²) in [4.78, 5) is 4.13. The molecule has 2 aromatic rings. The summed E-state index contributed by atoms with van der Waals surface area (Å²) in [5, 5.41) is 3.62. The number of hydrogen-bond acceptors (Lipinski definition) is 3. The molecule has 106 valence electrons. The molecule has 0 radical (unpaired) electrons. The Morgan fingerprint density at radius 3 is 2.70 bits per heavy atom. The second-order valence-electron chi connectivity index (χ2n) is 4.84. The number of methoxy groups -OCH3 is 1. The van der Waals surface area contributed by atoms with Gasteiger partial charge in [0.25, 0.3) is 0 Å². The molecule has 1 unspecified atom stereocenters. The number of pyridine rings is 1. The van der Waals surface area contributed by atoms with Crippen LogP contribution in [-0.4, -0.2) is 12.1 Å². The predicted octanol–water partition coefficient (Wildman–Crippen LogP) is 3.72. The molecule has 1 aromatic carbocycles. The van der Waals surface area contributed by atoms with Gasteiger partial charge >= 0.3 is 0 Å². The van der Waals surface area contributed by atoms with Gasteiger partial charge in [-0.1, -0.05) is 43.7 Å². The normalized spacial score (nSPS) is 12.1. The highest BCUT2D eigenvalue weighted by atomic mass is 16.5. The van der Waals surface area contributed by atoms with Crippen molar-refractivity contribution in [1.82, 2.24) is 10.3 Å². The zero-order valence-corrected chi connectivity index (χ0v) is 12.2. The van der Waals surface area contributed by atoms with E-state index >= 15 is 0 Å². The van der Waals surface area contributed by atoms with Crippen molar-refractivity contribution in [2.24, 2.45) is 0 Å². The van der Waals surface area contributed by atoms with Crippen molar-refractivity contribution in [3.05, 3.63) is 59.8 Å². The number of rotatable bonds is 7. The van der Waals surface area contributed by atoms with E-state index in [1.54, 1.807) is 13.3 Å². The van der Waals surface area contributed by atoms with Crippen LogP contribution in [0.4, 0.5) is 0 Å². The van der Waals surface area contributed by atoms with Crippen molar-refractivity contribution in [2.45, 2.75) is 32.4 Å². The highest BCUT2D eigenvalue weighted by Gasteiger charge is 2.09. The maximum atomic E-state index is 5.15. The van der Waals surface area contributed by atoms with Crippen molar-refractivity contribution in [2.75, 3.05) is 7.11 Å². The third-order valence-corrected chi connectivity index (χ3v) is 3.34. The highest BCUT2D eigenvalue weighted by Crippen LogP contribution is 2.19. The van der Waals surface area contributed by atoms with E-state index in [0.717, 1.165) is 19.4 Å². The largest absolute Gasteiger partial charge is 0.481 e. The number of nitrogens with zero attached hydrogens (tertiary/aromatic N) is 1. The second-order valence-corrected chi connectivity index (χ2v) is 4.84. The van der Waals surface area contributed by atoms with Gasteiger partial charge in [-0.25, -0.2) is 4.98 Å². The van der Waals surface area contributed by atoms with Crippen LogP contribution >= 0.6 is 0 Å². The molecule has 0 saturated heterocycles. The summed E-state index contributed by atoms with van der Waals surface area (Å²) in [5.41, 5.74) is 2.53. The SMILES string of the molecule is CCCC(NCc1ccnc(OC)c1)c1ccccc1. The van der Waals surface area contributed by atoms with E-state index in [9.17, 15) is 0 Å². The lowest BCUT2D eigenvalue weighted by Gasteiger charge is -2.18. The fraction of sp³-hybridized carbons (Fsp3) is 0.353. The molecule has 0 aliphatic rings. The molecule has 1 heterocycles. The summed E-state index contributed by atoms with van der Waals surface area (Å²) >= 11 is 0. The molecule has 0 bridgehead atoms. The van der Waals surface area contributed by atoms with Crippen LogP contribution in [0.2, 0.25) is 0 Å². The number of benzene rings is 1. The molecule has 1 atom stereocenters. The Morgan fingerprint density at radius 2 is 2.00 bits per heavy atom. The first-order valence-corrected chi connectivity index (χ1v) is 7.10. The van der Waals surface area contributed by atoms with Crippen LogP contribution in [0.3, 0.4) is 0 Å². The molecule has 0 spiro atoms. The third kappa shape index (κ3) is 4.07. The lowest BCUT2D eigenvalue weighted by atomic mass is 10.0. The first-order chi connectivity index (χ1) is 9.83. The van der Waals surface area contributed by atoms with Crippen molar-refractivity contribution in [3.63, 3.8) is 0 Å². The van der Waals surface area contributed by atoms with Gasteiger partial charge in [-0.15, -0.1) is 0 Å². The Morgan fingerprint density at radius 1 is 1.20 bits per heavy atom. The maximum absolute atomic E-state index is 5.15. The van der Waals surface area contributed by atoms with Gasteiger partial charge in [0.15, 0.2) is 0 Å². The van der Waals surface area contributed by atoms with E-state index in [0.29, 0.717) is 11.9 Å². The molecule has 0 aliphatic heterocycles. The van der Waals surface area contributed by atoms with Crippen molar-refractivity contribution in [3.8, 4) is 5.88 Å². The quantitative estimate of drug-likeness (QED) is 0.832. The molecule has 0 aliphatic carbocycles. The average Bonchev–Trinajstić information content (AvgIpc) is 2.52. The summed E-state index contributed by atoms with van der Waals surface area (Å²) in [5.74, 6) is 0.663. The topological polar surface area (TPSA) is 34.2 Å². The maximum Gasteiger partial charge on any atom is 0.213 e. The number of ether oxygens (including phenoxy) is 1. The van der Waals surface area contributed by atoms with E-state index in [2.05, 4.69) is 47.6 Å². The van der Waals surface area contributed by atoms with E-state index in [1.807, 2.05) is 12.1 Å². The smallest absolute Gasteiger partial charge is 0.213 e. The van der Waals surface area contributed by atoms with E-state index < -0.39 is 0 Å². The molecule has 0 saturated carbocycles. The zero-order valence-electron chi connectivity index (χ0n) is 12.2. The van der Waals surface area contributed by atoms with Crippen molar-refractivity contribution < 1.29 is 4.74 Å². The Balaban J connectivity index is 2.02.